The lowest BCUT2D eigenvalue weighted by atomic mass is 9.79. The molecule has 3 nitrogen and oxygen atoms in total. The molecular weight excluding hydrogens is 238 g/mol. The van der Waals surface area contributed by atoms with Gasteiger partial charge < -0.3 is 10.1 Å². The molecule has 0 aliphatic carbocycles. The second kappa shape index (κ2) is 5.07. The van der Waals surface area contributed by atoms with Crippen molar-refractivity contribution in [2.75, 3.05) is 13.7 Å². The Morgan fingerprint density at radius 3 is 2.76 bits per heavy atom. The summed E-state index contributed by atoms with van der Waals surface area (Å²) in [5.74, 6) is -0.272. The third-order valence-electron chi connectivity index (χ3n) is 3.14. The van der Waals surface area contributed by atoms with Crippen molar-refractivity contribution in [1.29, 1.82) is 0 Å². The Morgan fingerprint density at radius 2 is 2.12 bits per heavy atom. The van der Waals surface area contributed by atoms with Crippen LogP contribution in [0.15, 0.2) is 18.2 Å². The number of nitrogens with one attached hydrogen (secondary N) is 1. The number of hydrogen-bond acceptors (Lipinski definition) is 3. The molecule has 0 fully saturated rings. The van der Waals surface area contributed by atoms with Crippen LogP contribution >= 0.6 is 12.4 Å². The second-order valence-electron chi connectivity index (χ2n) is 4.85. The lowest BCUT2D eigenvalue weighted by Crippen LogP contribution is -2.38. The summed E-state index contributed by atoms with van der Waals surface area (Å²) in [5, 5.41) is 3.36. The molecule has 1 N–H and O–H groups in total. The van der Waals surface area contributed by atoms with Crippen LogP contribution in [0.4, 0.5) is 0 Å². The SMILES string of the molecule is COC(=O)c1ccc2c(c1)CNCC2(C)C.Cl. The summed E-state index contributed by atoms with van der Waals surface area (Å²) >= 11 is 0. The first-order valence-corrected chi connectivity index (χ1v) is 5.47. The third-order valence-corrected chi connectivity index (χ3v) is 3.14. The molecule has 94 valence electrons. The third kappa shape index (κ3) is 2.61. The average molecular weight is 256 g/mol. The highest BCUT2D eigenvalue weighted by molar-refractivity contribution is 5.89. The Hall–Kier alpha value is -1.06. The molecular formula is C13H18ClNO2. The fourth-order valence-electron chi connectivity index (χ4n) is 2.25. The zero-order valence-corrected chi connectivity index (χ0v) is 11.2. The number of methoxy groups -OCH3 is 1. The van der Waals surface area contributed by atoms with Crippen molar-refractivity contribution in [2.24, 2.45) is 0 Å². The molecule has 0 atom stereocenters. The predicted octanol–water partition coefficient (Wildman–Crippen LogP) is 2.28. The number of halogens is 1. The number of carbonyl (C=O) groups is 1. The van der Waals surface area contributed by atoms with Crippen molar-refractivity contribution >= 4 is 18.4 Å². The van der Waals surface area contributed by atoms with Gasteiger partial charge in [-0.05, 0) is 23.3 Å². The van der Waals surface area contributed by atoms with Crippen LogP contribution in [0.5, 0.6) is 0 Å². The summed E-state index contributed by atoms with van der Waals surface area (Å²) < 4.78 is 4.72. The van der Waals surface area contributed by atoms with Crippen LogP contribution in [0, 0.1) is 0 Å². The maximum absolute atomic E-state index is 11.4. The highest BCUT2D eigenvalue weighted by Gasteiger charge is 2.27. The van der Waals surface area contributed by atoms with Crippen molar-refractivity contribution in [3.63, 3.8) is 0 Å². The smallest absolute Gasteiger partial charge is 0.337 e. The molecule has 0 amide bonds. The maximum Gasteiger partial charge on any atom is 0.337 e. The van der Waals surface area contributed by atoms with Crippen LogP contribution in [0.2, 0.25) is 0 Å². The summed E-state index contributed by atoms with van der Waals surface area (Å²) in [6.07, 6.45) is 0. The Kier molecular flexibility index (Phi) is 4.17. The van der Waals surface area contributed by atoms with Gasteiger partial charge in [0.2, 0.25) is 0 Å². The normalized spacial score (nSPS) is 16.6. The number of ether oxygens (including phenoxy) is 1. The van der Waals surface area contributed by atoms with E-state index in [2.05, 4.69) is 19.2 Å². The number of carbonyl (C=O) groups excluding carboxylic acids is 1. The predicted molar refractivity (Wildman–Crippen MR) is 69.8 cm³/mol. The minimum atomic E-state index is -0.272. The number of hydrogen-bond donors (Lipinski definition) is 1. The fraction of sp³-hybridized carbons (Fsp3) is 0.462. The van der Waals surface area contributed by atoms with Crippen molar-refractivity contribution in [2.45, 2.75) is 25.8 Å². The van der Waals surface area contributed by atoms with Crippen LogP contribution in [-0.4, -0.2) is 19.6 Å². The molecule has 0 spiro atoms. The van der Waals surface area contributed by atoms with Crippen LogP contribution < -0.4 is 5.32 Å². The van der Waals surface area contributed by atoms with E-state index < -0.39 is 0 Å². The van der Waals surface area contributed by atoms with Gasteiger partial charge in [0.05, 0.1) is 12.7 Å². The topological polar surface area (TPSA) is 38.3 Å². The van der Waals surface area contributed by atoms with Gasteiger partial charge in [0.25, 0.3) is 0 Å². The second-order valence-corrected chi connectivity index (χ2v) is 4.85. The van der Waals surface area contributed by atoms with Gasteiger partial charge in [0.1, 0.15) is 0 Å². The monoisotopic (exact) mass is 255 g/mol. The van der Waals surface area contributed by atoms with Gasteiger partial charge in [0, 0.05) is 18.5 Å². The molecule has 0 bridgehead atoms. The largest absolute Gasteiger partial charge is 0.465 e. The first-order chi connectivity index (χ1) is 7.54. The molecule has 1 aromatic carbocycles. The van der Waals surface area contributed by atoms with Gasteiger partial charge in [0.15, 0.2) is 0 Å². The van der Waals surface area contributed by atoms with E-state index >= 15 is 0 Å². The molecule has 1 aliphatic rings. The van der Waals surface area contributed by atoms with Crippen molar-refractivity contribution in [3.8, 4) is 0 Å². The average Bonchev–Trinajstić information content (AvgIpc) is 2.27. The number of rotatable bonds is 1. The number of benzene rings is 1. The van der Waals surface area contributed by atoms with E-state index in [1.54, 1.807) is 0 Å². The van der Waals surface area contributed by atoms with Gasteiger partial charge in [-0.25, -0.2) is 4.79 Å². The quantitative estimate of drug-likeness (QED) is 0.783. The summed E-state index contributed by atoms with van der Waals surface area (Å²) in [6.45, 7) is 6.20. The van der Waals surface area contributed by atoms with Gasteiger partial charge in [-0.3, -0.25) is 0 Å². The zero-order valence-electron chi connectivity index (χ0n) is 10.4. The fourth-order valence-corrected chi connectivity index (χ4v) is 2.25. The zero-order chi connectivity index (χ0) is 11.8. The molecule has 1 aliphatic heterocycles. The lowest BCUT2D eigenvalue weighted by Gasteiger charge is -2.33. The Labute approximate surface area is 108 Å². The van der Waals surface area contributed by atoms with Crippen molar-refractivity contribution < 1.29 is 9.53 Å². The van der Waals surface area contributed by atoms with Crippen LogP contribution in [0.1, 0.15) is 35.3 Å². The Bertz CT molecular complexity index is 429. The minimum Gasteiger partial charge on any atom is -0.465 e. The minimum absolute atomic E-state index is 0. The van der Waals surface area contributed by atoms with Crippen molar-refractivity contribution in [3.05, 3.63) is 34.9 Å². The Morgan fingerprint density at radius 1 is 1.41 bits per heavy atom. The first-order valence-electron chi connectivity index (χ1n) is 5.47. The van der Waals surface area contributed by atoms with E-state index in [0.29, 0.717) is 5.56 Å². The van der Waals surface area contributed by atoms with Crippen LogP contribution in [0.25, 0.3) is 0 Å². The molecule has 1 heterocycles. The van der Waals surface area contributed by atoms with E-state index in [0.717, 1.165) is 13.1 Å². The molecule has 2 rings (SSSR count). The van der Waals surface area contributed by atoms with Crippen LogP contribution in [-0.2, 0) is 16.7 Å². The molecule has 17 heavy (non-hydrogen) atoms. The van der Waals surface area contributed by atoms with E-state index in [-0.39, 0.29) is 23.8 Å². The van der Waals surface area contributed by atoms with E-state index in [4.69, 9.17) is 4.74 Å². The molecule has 0 saturated heterocycles. The number of esters is 1. The standard InChI is InChI=1S/C13H17NO2.ClH/c1-13(2)8-14-7-10-6-9(12(15)16-3)4-5-11(10)13;/h4-6,14H,7-8H2,1-3H3;1H. The summed E-state index contributed by atoms with van der Waals surface area (Å²) in [5.41, 5.74) is 3.26. The molecule has 4 heteroatoms. The molecule has 0 unspecified atom stereocenters. The van der Waals surface area contributed by atoms with E-state index in [9.17, 15) is 4.79 Å². The summed E-state index contributed by atoms with van der Waals surface area (Å²) in [6, 6.07) is 5.81. The molecule has 0 saturated carbocycles. The molecule has 1 aromatic rings. The maximum atomic E-state index is 11.4. The van der Waals surface area contributed by atoms with Gasteiger partial charge in [-0.1, -0.05) is 19.9 Å². The lowest BCUT2D eigenvalue weighted by molar-refractivity contribution is 0.0600. The number of fused-ring (bicyclic) bond motifs is 1. The van der Waals surface area contributed by atoms with E-state index in [1.807, 2.05) is 18.2 Å². The molecule has 0 radical (unpaired) electrons. The summed E-state index contributed by atoms with van der Waals surface area (Å²) in [4.78, 5) is 11.4. The summed E-state index contributed by atoms with van der Waals surface area (Å²) in [7, 11) is 1.41. The van der Waals surface area contributed by atoms with Crippen LogP contribution in [0.3, 0.4) is 0 Å². The van der Waals surface area contributed by atoms with Gasteiger partial charge >= 0.3 is 5.97 Å². The van der Waals surface area contributed by atoms with Gasteiger partial charge in [-0.2, -0.15) is 0 Å². The highest BCUT2D eigenvalue weighted by Crippen LogP contribution is 2.30. The molecule has 0 aromatic heterocycles. The first kappa shape index (κ1) is 14.0. The van der Waals surface area contributed by atoms with Gasteiger partial charge in [-0.15, -0.1) is 12.4 Å². The van der Waals surface area contributed by atoms with E-state index in [1.165, 1.54) is 18.2 Å². The highest BCUT2D eigenvalue weighted by atomic mass is 35.5. The van der Waals surface area contributed by atoms with Crippen molar-refractivity contribution in [1.82, 2.24) is 5.32 Å². The Balaban J connectivity index is 0.00000144.